The van der Waals surface area contributed by atoms with Crippen LogP contribution < -0.4 is 11.1 Å². The van der Waals surface area contributed by atoms with Gasteiger partial charge >= 0.3 is 0 Å². The van der Waals surface area contributed by atoms with Crippen LogP contribution in [0.1, 0.15) is 71.6 Å². The number of carbonyl (C=O) groups is 1. The molecular formula is C19H34N2O. The number of nitrogens with two attached hydrogens (primary N) is 1. The van der Waals surface area contributed by atoms with Gasteiger partial charge in [0.1, 0.15) is 0 Å². The van der Waals surface area contributed by atoms with Crippen LogP contribution in [0, 0.1) is 29.6 Å². The third kappa shape index (κ3) is 3.34. The molecular weight excluding hydrogens is 272 g/mol. The maximum atomic E-state index is 12.8. The molecule has 1 amide bonds. The summed E-state index contributed by atoms with van der Waals surface area (Å²) in [5.74, 6) is 3.09. The molecule has 3 fully saturated rings. The fourth-order valence-electron chi connectivity index (χ4n) is 5.44. The molecule has 126 valence electrons. The Morgan fingerprint density at radius 3 is 2.27 bits per heavy atom. The molecule has 0 aromatic rings. The average Bonchev–Trinajstić information content (AvgIpc) is 2.47. The molecule has 22 heavy (non-hydrogen) atoms. The van der Waals surface area contributed by atoms with Crippen molar-refractivity contribution >= 4 is 5.91 Å². The highest BCUT2D eigenvalue weighted by Gasteiger charge is 2.41. The Balaban J connectivity index is 1.59. The molecule has 0 spiro atoms. The molecule has 0 saturated heterocycles. The average molecular weight is 306 g/mol. The summed E-state index contributed by atoms with van der Waals surface area (Å²) in [5, 5.41) is 3.44. The lowest BCUT2D eigenvalue weighted by molar-refractivity contribution is -0.129. The van der Waals surface area contributed by atoms with E-state index in [-0.39, 0.29) is 5.92 Å². The zero-order valence-corrected chi connectivity index (χ0v) is 14.4. The molecule has 3 aliphatic rings. The van der Waals surface area contributed by atoms with Crippen LogP contribution in [0.4, 0.5) is 0 Å². The summed E-state index contributed by atoms with van der Waals surface area (Å²) in [6.45, 7) is 4.61. The summed E-state index contributed by atoms with van der Waals surface area (Å²) in [4.78, 5) is 12.8. The van der Waals surface area contributed by atoms with Crippen LogP contribution >= 0.6 is 0 Å². The van der Waals surface area contributed by atoms with Crippen molar-refractivity contribution in [1.82, 2.24) is 5.32 Å². The lowest BCUT2D eigenvalue weighted by Gasteiger charge is -2.44. The molecule has 3 saturated carbocycles. The smallest absolute Gasteiger partial charge is 0.223 e. The molecule has 3 nitrogen and oxygen atoms in total. The fourth-order valence-corrected chi connectivity index (χ4v) is 5.44. The number of hydrogen-bond donors (Lipinski definition) is 2. The van der Waals surface area contributed by atoms with Crippen molar-refractivity contribution in [2.75, 3.05) is 0 Å². The monoisotopic (exact) mass is 306 g/mol. The van der Waals surface area contributed by atoms with E-state index >= 15 is 0 Å². The van der Waals surface area contributed by atoms with Gasteiger partial charge in [0, 0.05) is 18.0 Å². The van der Waals surface area contributed by atoms with E-state index in [2.05, 4.69) is 19.2 Å². The van der Waals surface area contributed by atoms with Crippen LogP contribution in [0.3, 0.4) is 0 Å². The van der Waals surface area contributed by atoms with Crippen molar-refractivity contribution in [3.63, 3.8) is 0 Å². The van der Waals surface area contributed by atoms with E-state index < -0.39 is 0 Å². The van der Waals surface area contributed by atoms with E-state index in [0.29, 0.717) is 41.7 Å². The minimum absolute atomic E-state index is 0.227. The van der Waals surface area contributed by atoms with Crippen LogP contribution in [0.5, 0.6) is 0 Å². The van der Waals surface area contributed by atoms with Gasteiger partial charge in [0.05, 0.1) is 0 Å². The second kappa shape index (κ2) is 6.90. The Labute approximate surface area is 135 Å². The number of nitrogens with one attached hydrogen (secondary N) is 1. The predicted molar refractivity (Wildman–Crippen MR) is 90.3 cm³/mol. The second-order valence-corrected chi connectivity index (χ2v) is 8.50. The predicted octanol–water partition coefficient (Wildman–Crippen LogP) is 3.47. The first kappa shape index (κ1) is 16.3. The molecule has 3 rings (SSSR count). The largest absolute Gasteiger partial charge is 0.353 e. The number of amides is 1. The van der Waals surface area contributed by atoms with Gasteiger partial charge in [-0.15, -0.1) is 0 Å². The van der Waals surface area contributed by atoms with E-state index in [4.69, 9.17) is 5.73 Å². The SMILES string of the molecule is CC(C)C1CCCCC1NC(=O)C1CC2CCCC(C1)C2N. The minimum atomic E-state index is 0.227. The molecule has 0 aromatic heterocycles. The number of hydrogen-bond acceptors (Lipinski definition) is 2. The zero-order chi connectivity index (χ0) is 15.7. The number of rotatable bonds is 3. The standard InChI is InChI=1S/C19H34N2O/c1-12(2)16-8-3-4-9-17(16)21-19(22)15-10-13-6-5-7-14(11-15)18(13)20/h12-18H,3-11,20H2,1-2H3,(H,21,22). The van der Waals surface area contributed by atoms with E-state index in [1.807, 2.05) is 0 Å². The van der Waals surface area contributed by atoms with Gasteiger partial charge in [-0.25, -0.2) is 0 Å². The van der Waals surface area contributed by atoms with E-state index in [1.54, 1.807) is 0 Å². The van der Waals surface area contributed by atoms with Gasteiger partial charge in [0.25, 0.3) is 0 Å². The van der Waals surface area contributed by atoms with E-state index in [1.165, 1.54) is 44.9 Å². The fraction of sp³-hybridized carbons (Fsp3) is 0.947. The van der Waals surface area contributed by atoms with Crippen LogP contribution in [0.15, 0.2) is 0 Å². The highest BCUT2D eigenvalue weighted by molar-refractivity contribution is 5.79. The number of fused-ring (bicyclic) bond motifs is 2. The maximum Gasteiger partial charge on any atom is 0.223 e. The first-order valence-corrected chi connectivity index (χ1v) is 9.62. The highest BCUT2D eigenvalue weighted by Crippen LogP contribution is 2.42. The lowest BCUT2D eigenvalue weighted by Crippen LogP contribution is -2.51. The molecule has 0 radical (unpaired) electrons. The summed E-state index contributed by atoms with van der Waals surface area (Å²) in [6, 6.07) is 0.771. The van der Waals surface area contributed by atoms with Crippen molar-refractivity contribution in [2.45, 2.75) is 83.7 Å². The van der Waals surface area contributed by atoms with Crippen LogP contribution in [-0.2, 0) is 4.79 Å². The van der Waals surface area contributed by atoms with Crippen LogP contribution in [0.2, 0.25) is 0 Å². The molecule has 0 heterocycles. The molecule has 0 aromatic carbocycles. The van der Waals surface area contributed by atoms with Gasteiger partial charge in [-0.1, -0.05) is 33.1 Å². The summed E-state index contributed by atoms with van der Waals surface area (Å²) >= 11 is 0. The molecule has 4 unspecified atom stereocenters. The summed E-state index contributed by atoms with van der Waals surface area (Å²) < 4.78 is 0. The van der Waals surface area contributed by atoms with E-state index in [0.717, 1.165) is 12.8 Å². The van der Waals surface area contributed by atoms with Crippen LogP contribution in [-0.4, -0.2) is 18.0 Å². The summed E-state index contributed by atoms with van der Waals surface area (Å²) in [5.41, 5.74) is 6.36. The normalized spacial score (nSPS) is 42.2. The van der Waals surface area contributed by atoms with Crippen molar-refractivity contribution in [1.29, 1.82) is 0 Å². The maximum absolute atomic E-state index is 12.8. The quantitative estimate of drug-likeness (QED) is 0.839. The zero-order valence-electron chi connectivity index (χ0n) is 14.4. The molecule has 3 aliphatic carbocycles. The van der Waals surface area contributed by atoms with Gasteiger partial charge in [-0.2, -0.15) is 0 Å². The van der Waals surface area contributed by atoms with Gasteiger partial charge < -0.3 is 11.1 Å². The van der Waals surface area contributed by atoms with Crippen molar-refractivity contribution < 1.29 is 4.79 Å². The first-order valence-electron chi connectivity index (χ1n) is 9.62. The van der Waals surface area contributed by atoms with Gasteiger partial charge in [0.2, 0.25) is 5.91 Å². The third-order valence-electron chi connectivity index (χ3n) is 6.79. The lowest BCUT2D eigenvalue weighted by atomic mass is 9.65. The molecule has 3 heteroatoms. The minimum Gasteiger partial charge on any atom is -0.353 e. The second-order valence-electron chi connectivity index (χ2n) is 8.50. The first-order chi connectivity index (χ1) is 10.6. The Morgan fingerprint density at radius 1 is 1.00 bits per heavy atom. The molecule has 2 bridgehead atoms. The summed E-state index contributed by atoms with van der Waals surface area (Å²) in [7, 11) is 0. The third-order valence-corrected chi connectivity index (χ3v) is 6.79. The Morgan fingerprint density at radius 2 is 1.64 bits per heavy atom. The van der Waals surface area contributed by atoms with Crippen molar-refractivity contribution in [2.24, 2.45) is 35.3 Å². The Kier molecular flexibility index (Phi) is 5.11. The molecule has 0 aliphatic heterocycles. The van der Waals surface area contributed by atoms with Crippen molar-refractivity contribution in [3.8, 4) is 0 Å². The topological polar surface area (TPSA) is 55.1 Å². The number of carbonyl (C=O) groups excluding carboxylic acids is 1. The Hall–Kier alpha value is -0.570. The van der Waals surface area contributed by atoms with Gasteiger partial charge in [0.15, 0.2) is 0 Å². The van der Waals surface area contributed by atoms with Gasteiger partial charge in [-0.3, -0.25) is 4.79 Å². The highest BCUT2D eigenvalue weighted by atomic mass is 16.1. The molecule has 4 atom stereocenters. The van der Waals surface area contributed by atoms with Crippen LogP contribution in [0.25, 0.3) is 0 Å². The molecule has 3 N–H and O–H groups in total. The summed E-state index contributed by atoms with van der Waals surface area (Å²) in [6.07, 6.45) is 10.9. The van der Waals surface area contributed by atoms with Gasteiger partial charge in [-0.05, 0) is 62.2 Å². The van der Waals surface area contributed by atoms with E-state index in [9.17, 15) is 4.79 Å². The Bertz CT molecular complexity index is 381. The van der Waals surface area contributed by atoms with Crippen molar-refractivity contribution in [3.05, 3.63) is 0 Å².